The highest BCUT2D eigenvalue weighted by Gasteiger charge is 2.27. The van der Waals surface area contributed by atoms with Crippen LogP contribution in [0.15, 0.2) is 41.0 Å². The molecule has 5 nitrogen and oxygen atoms in total. The summed E-state index contributed by atoms with van der Waals surface area (Å²) in [5, 5.41) is 0.305. The molecular weight excluding hydrogens is 413 g/mol. The average Bonchev–Trinajstić information content (AvgIpc) is 2.63. The van der Waals surface area contributed by atoms with Gasteiger partial charge in [0.05, 0.1) is 5.56 Å². The molecule has 0 radical (unpaired) electrons. The van der Waals surface area contributed by atoms with Gasteiger partial charge in [-0.15, -0.1) is 0 Å². The number of aromatic nitrogens is 1. The van der Waals surface area contributed by atoms with E-state index in [1.54, 1.807) is 23.2 Å². The highest BCUT2D eigenvalue weighted by molar-refractivity contribution is 9.10. The van der Waals surface area contributed by atoms with Gasteiger partial charge in [-0.05, 0) is 46.3 Å². The van der Waals surface area contributed by atoms with Gasteiger partial charge in [-0.2, -0.15) is 0 Å². The van der Waals surface area contributed by atoms with E-state index in [4.69, 9.17) is 11.6 Å². The number of halogens is 3. The van der Waals surface area contributed by atoms with Gasteiger partial charge in [-0.3, -0.25) is 9.59 Å². The molecule has 0 unspecified atom stereocenters. The predicted molar refractivity (Wildman–Crippen MR) is 95.2 cm³/mol. The van der Waals surface area contributed by atoms with E-state index in [1.807, 2.05) is 0 Å². The second-order valence-electron chi connectivity index (χ2n) is 5.57. The van der Waals surface area contributed by atoms with E-state index in [-0.39, 0.29) is 11.5 Å². The molecule has 1 fully saturated rings. The Hall–Kier alpha value is -1.99. The molecule has 1 aromatic heterocycles. The molecule has 2 amide bonds. The Morgan fingerprint density at radius 2 is 1.68 bits per heavy atom. The number of pyridine rings is 1. The van der Waals surface area contributed by atoms with Crippen LogP contribution >= 0.6 is 27.5 Å². The first-order valence-corrected chi connectivity index (χ1v) is 8.78. The third kappa shape index (κ3) is 3.99. The molecule has 2 aromatic rings. The van der Waals surface area contributed by atoms with Crippen molar-refractivity contribution >= 4 is 39.3 Å². The topological polar surface area (TPSA) is 53.5 Å². The summed E-state index contributed by atoms with van der Waals surface area (Å²) in [5.41, 5.74) is 0.297. The summed E-state index contributed by atoms with van der Waals surface area (Å²) in [6, 6.07) is 7.29. The van der Waals surface area contributed by atoms with Crippen molar-refractivity contribution < 1.29 is 14.0 Å². The molecule has 8 heteroatoms. The van der Waals surface area contributed by atoms with Crippen molar-refractivity contribution in [1.82, 2.24) is 14.8 Å². The number of hydrogen-bond acceptors (Lipinski definition) is 3. The zero-order chi connectivity index (χ0) is 18.0. The van der Waals surface area contributed by atoms with E-state index < -0.39 is 11.7 Å². The van der Waals surface area contributed by atoms with Crippen molar-refractivity contribution in [2.75, 3.05) is 26.2 Å². The van der Waals surface area contributed by atoms with Gasteiger partial charge < -0.3 is 9.80 Å². The van der Waals surface area contributed by atoms with Crippen LogP contribution in [0.3, 0.4) is 0 Å². The maximum absolute atomic E-state index is 13.9. The molecule has 3 rings (SSSR count). The molecule has 0 aliphatic carbocycles. The number of nitrogens with zero attached hydrogens (tertiary/aromatic N) is 3. The minimum atomic E-state index is -0.605. The summed E-state index contributed by atoms with van der Waals surface area (Å²) in [5.74, 6) is -1.21. The van der Waals surface area contributed by atoms with Gasteiger partial charge in [0.25, 0.3) is 11.8 Å². The van der Waals surface area contributed by atoms with E-state index in [0.29, 0.717) is 36.9 Å². The van der Waals surface area contributed by atoms with Crippen molar-refractivity contribution in [2.24, 2.45) is 0 Å². The van der Waals surface area contributed by atoms with E-state index >= 15 is 0 Å². The Bertz CT molecular complexity index is 808. The van der Waals surface area contributed by atoms with E-state index in [1.165, 1.54) is 23.1 Å². The number of carbonyl (C=O) groups is 2. The second-order valence-corrected chi connectivity index (χ2v) is 6.92. The van der Waals surface area contributed by atoms with Crippen LogP contribution in [0.25, 0.3) is 0 Å². The maximum atomic E-state index is 13.9. The highest BCUT2D eigenvalue weighted by atomic mass is 79.9. The lowest BCUT2D eigenvalue weighted by molar-refractivity contribution is 0.0529. The van der Waals surface area contributed by atoms with Crippen LogP contribution in [0.4, 0.5) is 4.39 Å². The van der Waals surface area contributed by atoms with Crippen LogP contribution in [0.2, 0.25) is 5.02 Å². The van der Waals surface area contributed by atoms with Crippen LogP contribution in [-0.4, -0.2) is 52.8 Å². The van der Waals surface area contributed by atoms with Gasteiger partial charge in [0.2, 0.25) is 0 Å². The molecule has 0 atom stereocenters. The van der Waals surface area contributed by atoms with Crippen LogP contribution in [0, 0.1) is 5.82 Å². The Morgan fingerprint density at radius 3 is 2.28 bits per heavy atom. The van der Waals surface area contributed by atoms with Gasteiger partial charge in [0, 0.05) is 41.9 Å². The minimum Gasteiger partial charge on any atom is -0.335 e. The Morgan fingerprint density at radius 1 is 1.04 bits per heavy atom. The van der Waals surface area contributed by atoms with E-state index in [9.17, 15) is 14.0 Å². The molecule has 1 aliphatic rings. The number of amides is 2. The molecule has 2 heterocycles. The SMILES string of the molecule is O=C(c1ccc(Br)cn1)N1CCN(C(=O)c2cc(Cl)ccc2F)CC1. The Labute approximate surface area is 157 Å². The molecule has 1 aromatic carbocycles. The van der Waals surface area contributed by atoms with Crippen molar-refractivity contribution in [3.63, 3.8) is 0 Å². The molecule has 0 spiro atoms. The first-order chi connectivity index (χ1) is 12.0. The molecule has 130 valence electrons. The minimum absolute atomic E-state index is 0.0538. The summed E-state index contributed by atoms with van der Waals surface area (Å²) in [6.07, 6.45) is 1.56. The van der Waals surface area contributed by atoms with Crippen molar-refractivity contribution in [3.05, 3.63) is 63.1 Å². The first-order valence-electron chi connectivity index (χ1n) is 7.61. The molecule has 1 saturated heterocycles. The fourth-order valence-electron chi connectivity index (χ4n) is 2.61. The Kier molecular flexibility index (Phi) is 5.34. The molecule has 0 N–H and O–H groups in total. The summed E-state index contributed by atoms with van der Waals surface area (Å²) in [7, 11) is 0. The number of rotatable bonds is 2. The summed E-state index contributed by atoms with van der Waals surface area (Å²) >= 11 is 9.12. The fraction of sp³-hybridized carbons (Fsp3) is 0.235. The van der Waals surface area contributed by atoms with Crippen LogP contribution in [-0.2, 0) is 0 Å². The van der Waals surface area contributed by atoms with Gasteiger partial charge >= 0.3 is 0 Å². The zero-order valence-corrected chi connectivity index (χ0v) is 15.4. The van der Waals surface area contributed by atoms with Crippen LogP contribution < -0.4 is 0 Å². The highest BCUT2D eigenvalue weighted by Crippen LogP contribution is 2.18. The summed E-state index contributed by atoms with van der Waals surface area (Å²) in [4.78, 5) is 32.1. The summed E-state index contributed by atoms with van der Waals surface area (Å²) in [6.45, 7) is 1.38. The van der Waals surface area contributed by atoms with Crippen molar-refractivity contribution in [2.45, 2.75) is 0 Å². The fourth-order valence-corrected chi connectivity index (χ4v) is 3.02. The lowest BCUT2D eigenvalue weighted by atomic mass is 10.1. The van der Waals surface area contributed by atoms with E-state index in [2.05, 4.69) is 20.9 Å². The molecule has 1 aliphatic heterocycles. The van der Waals surface area contributed by atoms with Crippen molar-refractivity contribution in [1.29, 1.82) is 0 Å². The predicted octanol–water partition coefficient (Wildman–Crippen LogP) is 3.23. The zero-order valence-electron chi connectivity index (χ0n) is 13.1. The number of benzene rings is 1. The average molecular weight is 427 g/mol. The smallest absolute Gasteiger partial charge is 0.272 e. The summed E-state index contributed by atoms with van der Waals surface area (Å²) < 4.78 is 14.6. The standard InChI is InChI=1S/C17H14BrClFN3O2/c18-11-1-4-15(21-10-11)17(25)23-7-5-22(6-8-23)16(24)13-9-12(19)2-3-14(13)20/h1-4,9-10H,5-8H2. The monoisotopic (exact) mass is 425 g/mol. The molecular formula is C17H14BrClFN3O2. The quantitative estimate of drug-likeness (QED) is 0.741. The first kappa shape index (κ1) is 17.8. The third-order valence-electron chi connectivity index (χ3n) is 3.96. The van der Waals surface area contributed by atoms with E-state index in [0.717, 1.165) is 4.47 Å². The number of piperazine rings is 1. The van der Waals surface area contributed by atoms with Gasteiger partial charge in [-0.25, -0.2) is 9.37 Å². The number of carbonyl (C=O) groups excluding carboxylic acids is 2. The second kappa shape index (κ2) is 7.49. The van der Waals surface area contributed by atoms with Gasteiger partial charge in [0.1, 0.15) is 11.5 Å². The van der Waals surface area contributed by atoms with Crippen LogP contribution in [0.1, 0.15) is 20.8 Å². The Balaban J connectivity index is 1.65. The van der Waals surface area contributed by atoms with Gasteiger partial charge in [0.15, 0.2) is 0 Å². The maximum Gasteiger partial charge on any atom is 0.272 e. The lowest BCUT2D eigenvalue weighted by Gasteiger charge is -2.34. The normalized spacial score (nSPS) is 14.5. The van der Waals surface area contributed by atoms with Crippen molar-refractivity contribution in [3.8, 4) is 0 Å². The molecule has 0 saturated carbocycles. The third-order valence-corrected chi connectivity index (χ3v) is 4.66. The van der Waals surface area contributed by atoms with Gasteiger partial charge in [-0.1, -0.05) is 11.6 Å². The largest absolute Gasteiger partial charge is 0.335 e. The lowest BCUT2D eigenvalue weighted by Crippen LogP contribution is -2.50. The van der Waals surface area contributed by atoms with Crippen LogP contribution in [0.5, 0.6) is 0 Å². The molecule has 25 heavy (non-hydrogen) atoms. The number of hydrogen-bond donors (Lipinski definition) is 0. The molecule has 0 bridgehead atoms.